The molecule has 0 saturated carbocycles. The van der Waals surface area contributed by atoms with Crippen LogP contribution in [-0.2, 0) is 6.54 Å². The first-order valence-electron chi connectivity index (χ1n) is 7.39. The zero-order valence-electron chi connectivity index (χ0n) is 12.8. The number of carbonyl (C=O) groups is 1. The summed E-state index contributed by atoms with van der Waals surface area (Å²) in [4.78, 5) is 18.6. The number of hydrogen-bond acceptors (Lipinski definition) is 2. The second kappa shape index (κ2) is 5.32. The van der Waals surface area contributed by atoms with E-state index in [1.54, 1.807) is 6.20 Å². The molecule has 0 radical (unpaired) electrons. The third-order valence-corrected chi connectivity index (χ3v) is 3.86. The van der Waals surface area contributed by atoms with Crippen LogP contribution in [0, 0.1) is 12.8 Å². The third kappa shape index (κ3) is 2.56. The average molecular weight is 280 g/mol. The number of hydrogen-bond donors (Lipinski definition) is 0. The van der Waals surface area contributed by atoms with Crippen molar-refractivity contribution in [3.05, 3.63) is 53.3 Å². The van der Waals surface area contributed by atoms with E-state index >= 15 is 0 Å². The first-order valence-corrected chi connectivity index (χ1v) is 7.39. The van der Waals surface area contributed by atoms with E-state index < -0.39 is 0 Å². The standard InChI is InChI=1S/C18H20N2O/c1-12(2)10-20-11-16-8-15(14-5-4-6-19-9-14)7-13(3)17(16)18(20)21/h4-9,12H,10-11H2,1-3H3. The highest BCUT2D eigenvalue weighted by molar-refractivity contribution is 6.00. The molecule has 1 aromatic carbocycles. The van der Waals surface area contributed by atoms with Gasteiger partial charge in [-0.2, -0.15) is 0 Å². The van der Waals surface area contributed by atoms with Crippen molar-refractivity contribution in [1.29, 1.82) is 0 Å². The van der Waals surface area contributed by atoms with Gasteiger partial charge in [0.25, 0.3) is 5.91 Å². The molecule has 0 unspecified atom stereocenters. The molecule has 21 heavy (non-hydrogen) atoms. The minimum absolute atomic E-state index is 0.175. The predicted molar refractivity (Wildman–Crippen MR) is 84.0 cm³/mol. The SMILES string of the molecule is Cc1cc(-c2cccnc2)cc2c1C(=O)N(CC(C)C)C2. The van der Waals surface area contributed by atoms with Gasteiger partial charge in [0.1, 0.15) is 0 Å². The molecule has 1 aliphatic rings. The highest BCUT2D eigenvalue weighted by atomic mass is 16.2. The quantitative estimate of drug-likeness (QED) is 0.859. The van der Waals surface area contributed by atoms with E-state index in [0.717, 1.165) is 40.9 Å². The number of fused-ring (bicyclic) bond motifs is 1. The maximum absolute atomic E-state index is 12.5. The lowest BCUT2D eigenvalue weighted by Gasteiger charge is -2.17. The number of rotatable bonds is 3. The second-order valence-corrected chi connectivity index (χ2v) is 6.15. The van der Waals surface area contributed by atoms with Gasteiger partial charge in [-0.15, -0.1) is 0 Å². The van der Waals surface area contributed by atoms with Gasteiger partial charge < -0.3 is 4.90 Å². The van der Waals surface area contributed by atoms with E-state index in [1.165, 1.54) is 0 Å². The Labute approximate surface area is 125 Å². The molecular weight excluding hydrogens is 260 g/mol. The van der Waals surface area contributed by atoms with Gasteiger partial charge in [-0.25, -0.2) is 0 Å². The van der Waals surface area contributed by atoms with Gasteiger partial charge in [0, 0.05) is 36.6 Å². The lowest BCUT2D eigenvalue weighted by Crippen LogP contribution is -2.28. The first-order chi connectivity index (χ1) is 10.1. The van der Waals surface area contributed by atoms with Crippen molar-refractivity contribution in [2.45, 2.75) is 27.3 Å². The van der Waals surface area contributed by atoms with Crippen molar-refractivity contribution < 1.29 is 4.79 Å². The van der Waals surface area contributed by atoms with Crippen molar-refractivity contribution >= 4 is 5.91 Å². The van der Waals surface area contributed by atoms with Crippen molar-refractivity contribution in [2.24, 2.45) is 5.92 Å². The summed E-state index contributed by atoms with van der Waals surface area (Å²) < 4.78 is 0. The predicted octanol–water partition coefficient (Wildman–Crippen LogP) is 3.67. The van der Waals surface area contributed by atoms with E-state index in [9.17, 15) is 4.79 Å². The smallest absolute Gasteiger partial charge is 0.254 e. The molecule has 3 heteroatoms. The van der Waals surface area contributed by atoms with E-state index in [4.69, 9.17) is 0 Å². The van der Waals surface area contributed by atoms with Gasteiger partial charge in [-0.05, 0) is 41.7 Å². The van der Waals surface area contributed by atoms with Gasteiger partial charge >= 0.3 is 0 Å². The number of aromatic nitrogens is 1. The molecular formula is C18H20N2O. The molecule has 0 bridgehead atoms. The maximum atomic E-state index is 12.5. The summed E-state index contributed by atoms with van der Waals surface area (Å²) in [6, 6.07) is 8.22. The summed E-state index contributed by atoms with van der Waals surface area (Å²) in [6.07, 6.45) is 3.64. The van der Waals surface area contributed by atoms with Crippen LogP contribution < -0.4 is 0 Å². The molecule has 0 aliphatic carbocycles. The average Bonchev–Trinajstić information content (AvgIpc) is 2.76. The van der Waals surface area contributed by atoms with Gasteiger partial charge in [0.2, 0.25) is 0 Å². The van der Waals surface area contributed by atoms with Crippen LogP contribution in [0.4, 0.5) is 0 Å². The van der Waals surface area contributed by atoms with E-state index in [-0.39, 0.29) is 5.91 Å². The Hall–Kier alpha value is -2.16. The van der Waals surface area contributed by atoms with Crippen molar-refractivity contribution in [1.82, 2.24) is 9.88 Å². The molecule has 0 fully saturated rings. The highest BCUT2D eigenvalue weighted by Gasteiger charge is 2.29. The molecule has 2 aromatic rings. The van der Waals surface area contributed by atoms with Crippen LogP contribution in [0.15, 0.2) is 36.7 Å². The summed E-state index contributed by atoms with van der Waals surface area (Å²) in [5.41, 5.74) is 5.32. The van der Waals surface area contributed by atoms with E-state index in [2.05, 4.69) is 37.0 Å². The Balaban J connectivity index is 2.00. The number of benzene rings is 1. The fourth-order valence-electron chi connectivity index (χ4n) is 3.01. The number of amides is 1. The molecule has 0 atom stereocenters. The van der Waals surface area contributed by atoms with Crippen LogP contribution in [0.1, 0.15) is 35.3 Å². The number of carbonyl (C=O) groups excluding carboxylic acids is 1. The molecule has 0 saturated heterocycles. The molecule has 3 rings (SSSR count). The molecule has 2 heterocycles. The summed E-state index contributed by atoms with van der Waals surface area (Å²) >= 11 is 0. The molecule has 1 aromatic heterocycles. The Kier molecular flexibility index (Phi) is 3.50. The van der Waals surface area contributed by atoms with Crippen LogP contribution in [0.2, 0.25) is 0 Å². The number of pyridine rings is 1. The van der Waals surface area contributed by atoms with Gasteiger partial charge in [0.05, 0.1) is 0 Å². The molecule has 1 aliphatic heterocycles. The zero-order valence-corrected chi connectivity index (χ0v) is 12.8. The van der Waals surface area contributed by atoms with Gasteiger partial charge in [0.15, 0.2) is 0 Å². The second-order valence-electron chi connectivity index (χ2n) is 6.15. The highest BCUT2D eigenvalue weighted by Crippen LogP contribution is 2.31. The summed E-state index contributed by atoms with van der Waals surface area (Å²) in [5, 5.41) is 0. The normalized spacial score (nSPS) is 13.9. The molecule has 3 nitrogen and oxygen atoms in total. The summed E-state index contributed by atoms with van der Waals surface area (Å²) in [7, 11) is 0. The van der Waals surface area contributed by atoms with Crippen LogP contribution in [0.25, 0.3) is 11.1 Å². The van der Waals surface area contributed by atoms with Crippen molar-refractivity contribution in [3.8, 4) is 11.1 Å². The van der Waals surface area contributed by atoms with Crippen molar-refractivity contribution in [2.75, 3.05) is 6.54 Å². The van der Waals surface area contributed by atoms with Gasteiger partial charge in [-0.1, -0.05) is 26.0 Å². The van der Waals surface area contributed by atoms with Crippen LogP contribution >= 0.6 is 0 Å². The van der Waals surface area contributed by atoms with Crippen LogP contribution in [0.5, 0.6) is 0 Å². The molecule has 108 valence electrons. The van der Waals surface area contributed by atoms with Crippen LogP contribution in [0.3, 0.4) is 0 Å². The van der Waals surface area contributed by atoms with E-state index in [0.29, 0.717) is 5.92 Å². The Morgan fingerprint density at radius 3 is 2.76 bits per heavy atom. The summed E-state index contributed by atoms with van der Waals surface area (Å²) in [6.45, 7) is 7.85. The Morgan fingerprint density at radius 1 is 1.29 bits per heavy atom. The summed E-state index contributed by atoms with van der Waals surface area (Å²) in [5.74, 6) is 0.662. The third-order valence-electron chi connectivity index (χ3n) is 3.86. The Bertz CT molecular complexity index is 677. The topological polar surface area (TPSA) is 33.2 Å². The molecule has 0 spiro atoms. The molecule has 0 N–H and O–H groups in total. The Morgan fingerprint density at radius 2 is 2.10 bits per heavy atom. The van der Waals surface area contributed by atoms with E-state index in [1.807, 2.05) is 24.1 Å². The maximum Gasteiger partial charge on any atom is 0.254 e. The lowest BCUT2D eigenvalue weighted by atomic mass is 9.97. The van der Waals surface area contributed by atoms with Gasteiger partial charge in [-0.3, -0.25) is 9.78 Å². The first kappa shape index (κ1) is 13.8. The van der Waals surface area contributed by atoms with Crippen LogP contribution in [-0.4, -0.2) is 22.3 Å². The largest absolute Gasteiger partial charge is 0.334 e. The number of aryl methyl sites for hydroxylation is 1. The molecule has 1 amide bonds. The monoisotopic (exact) mass is 280 g/mol. The fraction of sp³-hybridized carbons (Fsp3) is 0.333. The minimum Gasteiger partial charge on any atom is -0.334 e. The zero-order chi connectivity index (χ0) is 15.0. The fourth-order valence-corrected chi connectivity index (χ4v) is 3.01. The van der Waals surface area contributed by atoms with Crippen molar-refractivity contribution in [3.63, 3.8) is 0 Å². The lowest BCUT2D eigenvalue weighted by molar-refractivity contribution is 0.0759. The number of nitrogens with zero attached hydrogens (tertiary/aromatic N) is 2. The minimum atomic E-state index is 0.175.